The van der Waals surface area contributed by atoms with E-state index in [4.69, 9.17) is 5.73 Å². The molecule has 0 radical (unpaired) electrons. The Bertz CT molecular complexity index is 984. The molecule has 0 amide bonds. The van der Waals surface area contributed by atoms with Crippen LogP contribution in [-0.4, -0.2) is 63.9 Å². The Balaban J connectivity index is 1.38. The maximum Gasteiger partial charge on any atom is 0.227 e. The molecular formula is C24H31N7O. The fourth-order valence-electron chi connectivity index (χ4n) is 3.83. The van der Waals surface area contributed by atoms with E-state index >= 15 is 0 Å². The highest BCUT2D eigenvalue weighted by Crippen LogP contribution is 2.23. The van der Waals surface area contributed by atoms with Gasteiger partial charge in [0.05, 0.1) is 5.69 Å². The number of hydrogen-bond donors (Lipinski definition) is 3. The monoisotopic (exact) mass is 433 g/mol. The molecule has 4 N–H and O–H groups in total. The van der Waals surface area contributed by atoms with Crippen molar-refractivity contribution in [2.24, 2.45) is 5.73 Å². The van der Waals surface area contributed by atoms with Gasteiger partial charge < -0.3 is 21.1 Å². The normalized spacial score (nSPS) is 15.5. The highest BCUT2D eigenvalue weighted by atomic mass is 16.3. The molecule has 168 valence electrons. The van der Waals surface area contributed by atoms with Crippen LogP contribution in [0.15, 0.2) is 54.9 Å². The summed E-state index contributed by atoms with van der Waals surface area (Å²) in [5, 5.41) is 13.0. The molecule has 0 aliphatic carbocycles. The van der Waals surface area contributed by atoms with Gasteiger partial charge in [0, 0.05) is 61.2 Å². The summed E-state index contributed by atoms with van der Waals surface area (Å²) >= 11 is 0. The second-order valence-electron chi connectivity index (χ2n) is 8.02. The first-order valence-electron chi connectivity index (χ1n) is 11.1. The highest BCUT2D eigenvalue weighted by molar-refractivity contribution is 5.63. The molecule has 1 saturated heterocycles. The van der Waals surface area contributed by atoms with Crippen molar-refractivity contribution in [3.05, 3.63) is 60.6 Å². The molecule has 1 aliphatic rings. The van der Waals surface area contributed by atoms with Crippen LogP contribution in [0.25, 0.3) is 11.3 Å². The number of nitrogens with zero attached hydrogens (tertiary/aromatic N) is 5. The number of anilines is 3. The molecule has 3 heterocycles. The third kappa shape index (κ3) is 5.59. The minimum atomic E-state index is -0.385. The van der Waals surface area contributed by atoms with Gasteiger partial charge in [-0.2, -0.15) is 0 Å². The van der Waals surface area contributed by atoms with Crippen LogP contribution in [0, 0.1) is 0 Å². The first-order valence-corrected chi connectivity index (χ1v) is 11.1. The standard InChI is InChI=1S/C24H31N7O/c1-18(32)30-13-15-31(16-14-30)22-8-6-21(7-9-22)28-24-26-12-10-23(29-24)19-4-5-20(27-17-19)3-2-11-25/h4-10,12,17-18,32H,2-3,11,13-16,25H2,1H3,(H,26,28,29). The van der Waals surface area contributed by atoms with E-state index in [1.54, 1.807) is 6.20 Å². The zero-order valence-corrected chi connectivity index (χ0v) is 18.5. The molecule has 1 aromatic carbocycles. The summed E-state index contributed by atoms with van der Waals surface area (Å²) in [6.07, 6.45) is 5.04. The zero-order valence-electron chi connectivity index (χ0n) is 18.5. The number of nitrogens with one attached hydrogen (secondary N) is 1. The lowest BCUT2D eigenvalue weighted by molar-refractivity contribution is 0.0153. The Morgan fingerprint density at radius 1 is 1.03 bits per heavy atom. The third-order valence-electron chi connectivity index (χ3n) is 5.74. The maximum atomic E-state index is 9.73. The van der Waals surface area contributed by atoms with Crippen LogP contribution in [-0.2, 0) is 6.42 Å². The largest absolute Gasteiger partial charge is 0.379 e. The predicted octanol–water partition coefficient (Wildman–Crippen LogP) is 2.63. The SMILES string of the molecule is CC(O)N1CCN(c2ccc(Nc3nccc(-c4ccc(CCCN)nc4)n3)cc2)CC1. The minimum Gasteiger partial charge on any atom is -0.379 e. The summed E-state index contributed by atoms with van der Waals surface area (Å²) < 4.78 is 0. The van der Waals surface area contributed by atoms with Crippen molar-refractivity contribution >= 4 is 17.3 Å². The summed E-state index contributed by atoms with van der Waals surface area (Å²) in [6, 6.07) is 14.2. The van der Waals surface area contributed by atoms with Crippen molar-refractivity contribution in [1.29, 1.82) is 0 Å². The van der Waals surface area contributed by atoms with Crippen LogP contribution in [0.1, 0.15) is 19.0 Å². The van der Waals surface area contributed by atoms with Gasteiger partial charge in [-0.05, 0) is 68.8 Å². The van der Waals surface area contributed by atoms with Gasteiger partial charge in [-0.1, -0.05) is 0 Å². The molecule has 0 bridgehead atoms. The number of aryl methyl sites for hydroxylation is 1. The van der Waals surface area contributed by atoms with Gasteiger partial charge in [-0.15, -0.1) is 0 Å². The van der Waals surface area contributed by atoms with E-state index in [1.165, 1.54) is 5.69 Å². The van der Waals surface area contributed by atoms with E-state index in [-0.39, 0.29) is 6.23 Å². The topological polar surface area (TPSA) is 103 Å². The van der Waals surface area contributed by atoms with Crippen LogP contribution in [0.2, 0.25) is 0 Å². The third-order valence-corrected chi connectivity index (χ3v) is 5.74. The van der Waals surface area contributed by atoms with Crippen LogP contribution in [0.3, 0.4) is 0 Å². The van der Waals surface area contributed by atoms with Crippen LogP contribution < -0.4 is 16.0 Å². The van der Waals surface area contributed by atoms with Crippen molar-refractivity contribution in [2.45, 2.75) is 26.0 Å². The Hall–Kier alpha value is -3.07. The van der Waals surface area contributed by atoms with Crippen molar-refractivity contribution in [1.82, 2.24) is 19.9 Å². The quantitative estimate of drug-likeness (QED) is 0.498. The Morgan fingerprint density at radius 2 is 1.81 bits per heavy atom. The number of benzene rings is 1. The molecule has 1 fully saturated rings. The lowest BCUT2D eigenvalue weighted by Gasteiger charge is -2.37. The Morgan fingerprint density at radius 3 is 2.47 bits per heavy atom. The van der Waals surface area contributed by atoms with Crippen molar-refractivity contribution in [3.8, 4) is 11.3 Å². The van der Waals surface area contributed by atoms with E-state index in [0.717, 1.165) is 61.7 Å². The number of rotatable bonds is 8. The average Bonchev–Trinajstić information content (AvgIpc) is 2.84. The zero-order chi connectivity index (χ0) is 22.3. The van der Waals surface area contributed by atoms with Gasteiger partial charge in [0.2, 0.25) is 5.95 Å². The first-order chi connectivity index (χ1) is 15.6. The molecule has 0 spiro atoms. The van der Waals surface area contributed by atoms with Crippen molar-refractivity contribution < 1.29 is 5.11 Å². The number of piperazine rings is 1. The molecule has 2 aromatic heterocycles. The molecule has 1 unspecified atom stereocenters. The molecule has 8 heteroatoms. The number of pyridine rings is 1. The van der Waals surface area contributed by atoms with Gasteiger partial charge in [0.25, 0.3) is 0 Å². The van der Waals surface area contributed by atoms with E-state index in [1.807, 2.05) is 43.5 Å². The second kappa shape index (κ2) is 10.5. The number of aromatic nitrogens is 3. The number of aliphatic hydroxyl groups is 1. The summed E-state index contributed by atoms with van der Waals surface area (Å²) in [7, 11) is 0. The summed E-state index contributed by atoms with van der Waals surface area (Å²) in [5.41, 5.74) is 10.5. The molecule has 32 heavy (non-hydrogen) atoms. The van der Waals surface area contributed by atoms with Crippen molar-refractivity contribution in [3.63, 3.8) is 0 Å². The van der Waals surface area contributed by atoms with Crippen molar-refractivity contribution in [2.75, 3.05) is 42.9 Å². The molecule has 0 saturated carbocycles. The summed E-state index contributed by atoms with van der Waals surface area (Å²) in [4.78, 5) is 17.9. The van der Waals surface area contributed by atoms with Gasteiger partial charge in [-0.3, -0.25) is 9.88 Å². The first kappa shape index (κ1) is 22.1. The molecule has 1 aliphatic heterocycles. The van der Waals surface area contributed by atoms with Crippen LogP contribution in [0.4, 0.5) is 17.3 Å². The van der Waals surface area contributed by atoms with Gasteiger partial charge in [-0.25, -0.2) is 9.97 Å². The van der Waals surface area contributed by atoms with E-state index in [2.05, 4.69) is 42.2 Å². The second-order valence-corrected chi connectivity index (χ2v) is 8.02. The summed E-state index contributed by atoms with van der Waals surface area (Å²) in [5.74, 6) is 0.549. The van der Waals surface area contributed by atoms with Gasteiger partial charge in [0.1, 0.15) is 6.23 Å². The smallest absolute Gasteiger partial charge is 0.227 e. The van der Waals surface area contributed by atoms with Gasteiger partial charge >= 0.3 is 0 Å². The number of hydrogen-bond acceptors (Lipinski definition) is 8. The number of nitrogens with two attached hydrogens (primary N) is 1. The maximum absolute atomic E-state index is 9.73. The lowest BCUT2D eigenvalue weighted by Crippen LogP contribution is -2.49. The fourth-order valence-corrected chi connectivity index (χ4v) is 3.83. The van der Waals surface area contributed by atoms with E-state index in [9.17, 15) is 5.11 Å². The fraction of sp³-hybridized carbons (Fsp3) is 0.375. The highest BCUT2D eigenvalue weighted by Gasteiger charge is 2.19. The lowest BCUT2D eigenvalue weighted by atomic mass is 10.1. The molecular weight excluding hydrogens is 402 g/mol. The summed E-state index contributed by atoms with van der Waals surface area (Å²) in [6.45, 7) is 6.03. The molecule has 8 nitrogen and oxygen atoms in total. The Kier molecular flexibility index (Phi) is 7.26. The molecule has 1 atom stereocenters. The number of aliphatic hydroxyl groups excluding tert-OH is 1. The van der Waals surface area contributed by atoms with E-state index in [0.29, 0.717) is 12.5 Å². The predicted molar refractivity (Wildman–Crippen MR) is 128 cm³/mol. The minimum absolute atomic E-state index is 0.385. The Labute approximate surface area is 189 Å². The van der Waals surface area contributed by atoms with Crippen LogP contribution in [0.5, 0.6) is 0 Å². The molecule has 4 rings (SSSR count). The van der Waals surface area contributed by atoms with Crippen LogP contribution >= 0.6 is 0 Å². The van der Waals surface area contributed by atoms with Gasteiger partial charge in [0.15, 0.2) is 0 Å². The molecule has 3 aromatic rings. The van der Waals surface area contributed by atoms with E-state index < -0.39 is 0 Å². The average molecular weight is 434 g/mol.